The summed E-state index contributed by atoms with van der Waals surface area (Å²) < 4.78 is 6.34. The number of benzene rings is 1. The quantitative estimate of drug-likeness (QED) is 0.732. The topological polar surface area (TPSA) is 22.1 Å². The van der Waals surface area contributed by atoms with Gasteiger partial charge in [-0.15, -0.1) is 22.9 Å². The number of aromatic nitrogens is 1. The van der Waals surface area contributed by atoms with Gasteiger partial charge < -0.3 is 4.74 Å². The molecule has 0 bridgehead atoms. The second-order valence-corrected chi connectivity index (χ2v) is 4.69. The second kappa shape index (κ2) is 3.75. The van der Waals surface area contributed by atoms with Gasteiger partial charge in [-0.1, -0.05) is 6.07 Å². The third kappa shape index (κ3) is 1.57. The van der Waals surface area contributed by atoms with Gasteiger partial charge in [0, 0.05) is 0 Å². The van der Waals surface area contributed by atoms with E-state index < -0.39 is 0 Å². The summed E-state index contributed by atoms with van der Waals surface area (Å²) in [6, 6.07) is 5.89. The van der Waals surface area contributed by atoms with E-state index in [4.69, 9.17) is 16.3 Å². The Kier molecular flexibility index (Phi) is 2.61. The van der Waals surface area contributed by atoms with Crippen molar-refractivity contribution in [1.29, 1.82) is 0 Å². The number of rotatable bonds is 2. The number of ether oxygens (including phenoxy) is 1. The first-order valence-corrected chi connectivity index (χ1v) is 5.55. The molecule has 2 nitrogen and oxygen atoms in total. The molecule has 2 rings (SSSR count). The van der Waals surface area contributed by atoms with Crippen molar-refractivity contribution < 1.29 is 4.74 Å². The Morgan fingerprint density at radius 1 is 1.50 bits per heavy atom. The summed E-state index contributed by atoms with van der Waals surface area (Å²) in [6.07, 6.45) is 0. The lowest BCUT2D eigenvalue weighted by molar-refractivity contribution is 0.419. The van der Waals surface area contributed by atoms with E-state index in [1.807, 2.05) is 25.1 Å². The average molecular weight is 228 g/mol. The summed E-state index contributed by atoms with van der Waals surface area (Å²) in [7, 11) is 1.65. The minimum Gasteiger partial charge on any atom is -0.494 e. The van der Waals surface area contributed by atoms with Gasteiger partial charge in [0.25, 0.3) is 0 Å². The number of nitrogens with zero attached hydrogens (tertiary/aromatic N) is 1. The van der Waals surface area contributed by atoms with Crippen LogP contribution < -0.4 is 4.74 Å². The van der Waals surface area contributed by atoms with E-state index in [0.717, 1.165) is 21.0 Å². The second-order valence-electron chi connectivity index (χ2n) is 2.98. The fourth-order valence-electron chi connectivity index (χ4n) is 1.28. The van der Waals surface area contributed by atoms with E-state index >= 15 is 0 Å². The Labute approximate surface area is 91.5 Å². The van der Waals surface area contributed by atoms with E-state index in [1.165, 1.54) is 0 Å². The summed E-state index contributed by atoms with van der Waals surface area (Å²) >= 11 is 7.59. The lowest BCUT2D eigenvalue weighted by Crippen LogP contribution is -1.85. The number of thiazole rings is 1. The van der Waals surface area contributed by atoms with Crippen molar-refractivity contribution >= 4 is 33.2 Å². The van der Waals surface area contributed by atoms with Crippen LogP contribution in [0.2, 0.25) is 0 Å². The van der Waals surface area contributed by atoms with Gasteiger partial charge >= 0.3 is 0 Å². The van der Waals surface area contributed by atoms with E-state index in [1.54, 1.807) is 18.4 Å². The molecule has 1 atom stereocenters. The van der Waals surface area contributed by atoms with Crippen molar-refractivity contribution in [2.24, 2.45) is 0 Å². The molecule has 0 aliphatic carbocycles. The fraction of sp³-hybridized carbons (Fsp3) is 0.300. The van der Waals surface area contributed by atoms with Crippen LogP contribution in [0.1, 0.15) is 17.3 Å². The Bertz CT molecular complexity index is 452. The molecule has 0 radical (unpaired) electrons. The number of para-hydroxylation sites is 1. The van der Waals surface area contributed by atoms with Gasteiger partial charge in [-0.05, 0) is 19.1 Å². The molecule has 0 fully saturated rings. The Morgan fingerprint density at radius 3 is 2.93 bits per heavy atom. The first kappa shape index (κ1) is 9.74. The van der Waals surface area contributed by atoms with Crippen molar-refractivity contribution in [3.8, 4) is 5.75 Å². The molecule has 1 heterocycles. The average Bonchev–Trinajstić information content (AvgIpc) is 2.60. The van der Waals surface area contributed by atoms with E-state index in [9.17, 15) is 0 Å². The van der Waals surface area contributed by atoms with Crippen molar-refractivity contribution in [3.63, 3.8) is 0 Å². The number of halogens is 1. The molecule has 14 heavy (non-hydrogen) atoms. The Balaban J connectivity index is 2.64. The molecule has 0 aliphatic heterocycles. The van der Waals surface area contributed by atoms with Gasteiger partial charge in [0.15, 0.2) is 0 Å². The lowest BCUT2D eigenvalue weighted by Gasteiger charge is -1.98. The maximum absolute atomic E-state index is 5.98. The summed E-state index contributed by atoms with van der Waals surface area (Å²) in [6.45, 7) is 1.92. The van der Waals surface area contributed by atoms with Crippen molar-refractivity contribution in [2.75, 3.05) is 7.11 Å². The van der Waals surface area contributed by atoms with E-state index in [0.29, 0.717) is 0 Å². The number of fused-ring (bicyclic) bond motifs is 1. The van der Waals surface area contributed by atoms with E-state index in [-0.39, 0.29) is 5.38 Å². The third-order valence-corrected chi connectivity index (χ3v) is 3.50. The molecular formula is C10H10ClNOS. The van der Waals surface area contributed by atoms with Crippen molar-refractivity contribution in [3.05, 3.63) is 23.2 Å². The number of alkyl halides is 1. The standard InChI is InChI=1S/C10H10ClNOS/c1-6(11)10-12-9-7(13-2)4-3-5-8(9)14-10/h3-6H,1-2H3. The minimum atomic E-state index is -0.0443. The van der Waals surface area contributed by atoms with Gasteiger partial charge in [0.1, 0.15) is 16.3 Å². The van der Waals surface area contributed by atoms with Crippen LogP contribution in [0.25, 0.3) is 10.2 Å². The highest BCUT2D eigenvalue weighted by Crippen LogP contribution is 2.33. The largest absolute Gasteiger partial charge is 0.494 e. The van der Waals surface area contributed by atoms with Gasteiger partial charge in [0.05, 0.1) is 17.2 Å². The molecule has 0 saturated carbocycles. The smallest absolute Gasteiger partial charge is 0.145 e. The maximum Gasteiger partial charge on any atom is 0.145 e. The van der Waals surface area contributed by atoms with E-state index in [2.05, 4.69) is 4.98 Å². The predicted octanol–water partition coefficient (Wildman–Crippen LogP) is 3.60. The minimum absolute atomic E-state index is 0.0443. The van der Waals surface area contributed by atoms with Crippen LogP contribution in [0, 0.1) is 0 Å². The molecule has 74 valence electrons. The van der Waals surface area contributed by atoms with Crippen LogP contribution in [0.4, 0.5) is 0 Å². The van der Waals surface area contributed by atoms with Crippen LogP contribution >= 0.6 is 22.9 Å². The van der Waals surface area contributed by atoms with Crippen LogP contribution in [0.3, 0.4) is 0 Å². The molecule has 4 heteroatoms. The Hall–Kier alpha value is -0.800. The summed E-state index contributed by atoms with van der Waals surface area (Å²) in [5, 5.41) is 0.892. The van der Waals surface area contributed by atoms with Crippen LogP contribution in [-0.2, 0) is 0 Å². The maximum atomic E-state index is 5.98. The molecule has 0 aliphatic rings. The van der Waals surface area contributed by atoms with Gasteiger partial charge in [0.2, 0.25) is 0 Å². The zero-order valence-corrected chi connectivity index (χ0v) is 9.52. The highest BCUT2D eigenvalue weighted by atomic mass is 35.5. The normalized spacial score (nSPS) is 13.1. The molecule has 0 saturated heterocycles. The Morgan fingerprint density at radius 2 is 2.29 bits per heavy atom. The third-order valence-electron chi connectivity index (χ3n) is 1.96. The molecule has 0 spiro atoms. The zero-order chi connectivity index (χ0) is 10.1. The zero-order valence-electron chi connectivity index (χ0n) is 7.95. The van der Waals surface area contributed by atoms with Gasteiger partial charge in [-0.2, -0.15) is 0 Å². The predicted molar refractivity (Wildman–Crippen MR) is 60.4 cm³/mol. The summed E-state index contributed by atoms with van der Waals surface area (Å²) in [4.78, 5) is 4.44. The van der Waals surface area contributed by atoms with Gasteiger partial charge in [-0.3, -0.25) is 0 Å². The fourth-order valence-corrected chi connectivity index (χ4v) is 2.37. The molecule has 1 unspecified atom stereocenters. The molecule has 2 aromatic rings. The van der Waals surface area contributed by atoms with Gasteiger partial charge in [-0.25, -0.2) is 4.98 Å². The number of methoxy groups -OCH3 is 1. The monoisotopic (exact) mass is 227 g/mol. The van der Waals surface area contributed by atoms with Crippen molar-refractivity contribution in [1.82, 2.24) is 4.98 Å². The number of hydrogen-bond acceptors (Lipinski definition) is 3. The first-order valence-electron chi connectivity index (χ1n) is 4.30. The van der Waals surface area contributed by atoms with Crippen LogP contribution in [0.15, 0.2) is 18.2 Å². The molecule has 0 N–H and O–H groups in total. The summed E-state index contributed by atoms with van der Waals surface area (Å²) in [5.41, 5.74) is 0.905. The highest BCUT2D eigenvalue weighted by molar-refractivity contribution is 7.18. The SMILES string of the molecule is COc1cccc2sc(C(C)Cl)nc12. The van der Waals surface area contributed by atoms with Crippen molar-refractivity contribution in [2.45, 2.75) is 12.3 Å². The van der Waals surface area contributed by atoms with Crippen LogP contribution in [0.5, 0.6) is 5.75 Å². The first-order chi connectivity index (χ1) is 6.72. The number of hydrogen-bond donors (Lipinski definition) is 0. The molecule has 1 aromatic heterocycles. The highest BCUT2D eigenvalue weighted by Gasteiger charge is 2.11. The lowest BCUT2D eigenvalue weighted by atomic mass is 10.3. The molecule has 0 amide bonds. The van der Waals surface area contributed by atoms with Crippen LogP contribution in [-0.4, -0.2) is 12.1 Å². The summed E-state index contributed by atoms with van der Waals surface area (Å²) in [5.74, 6) is 0.808. The molecule has 1 aromatic carbocycles. The molecular weight excluding hydrogens is 218 g/mol.